The lowest BCUT2D eigenvalue weighted by molar-refractivity contribution is 0.324. The average molecular weight is 377 g/mol. The molecule has 6 heteroatoms. The highest BCUT2D eigenvalue weighted by molar-refractivity contribution is 5.73. The summed E-state index contributed by atoms with van der Waals surface area (Å²) in [6.45, 7) is 0.878. The van der Waals surface area contributed by atoms with Crippen LogP contribution in [0, 0.1) is 0 Å². The van der Waals surface area contributed by atoms with Gasteiger partial charge in [0.2, 0.25) is 5.75 Å². The first-order chi connectivity index (χ1) is 13.7. The Morgan fingerprint density at radius 2 is 1.68 bits per heavy atom. The number of rotatable bonds is 6. The number of nitrogens with zero attached hydrogens (tertiary/aromatic N) is 2. The number of pyridine rings is 2. The molecule has 0 bridgehead atoms. The molecular weight excluding hydrogens is 354 g/mol. The molecule has 3 heterocycles. The number of anilines is 1. The predicted octanol–water partition coefficient (Wildman–Crippen LogP) is 3.92. The van der Waals surface area contributed by atoms with Crippen LogP contribution in [0.5, 0.6) is 17.2 Å². The van der Waals surface area contributed by atoms with Crippen molar-refractivity contribution in [2.45, 2.75) is 12.3 Å². The van der Waals surface area contributed by atoms with Gasteiger partial charge in [-0.1, -0.05) is 0 Å². The maximum Gasteiger partial charge on any atom is 0.203 e. The Hall–Kier alpha value is -3.28. The first-order valence-corrected chi connectivity index (χ1v) is 9.16. The van der Waals surface area contributed by atoms with Crippen molar-refractivity contribution in [1.82, 2.24) is 9.97 Å². The van der Waals surface area contributed by atoms with Crippen LogP contribution in [0.2, 0.25) is 0 Å². The molecule has 28 heavy (non-hydrogen) atoms. The Morgan fingerprint density at radius 3 is 2.32 bits per heavy atom. The maximum absolute atomic E-state index is 5.49. The van der Waals surface area contributed by atoms with E-state index in [0.717, 1.165) is 29.9 Å². The molecule has 1 atom stereocenters. The first kappa shape index (κ1) is 18.1. The second kappa shape index (κ2) is 7.76. The van der Waals surface area contributed by atoms with Gasteiger partial charge in [0.15, 0.2) is 11.5 Å². The van der Waals surface area contributed by atoms with Gasteiger partial charge >= 0.3 is 0 Å². The summed E-state index contributed by atoms with van der Waals surface area (Å²) in [6.07, 6.45) is 6.50. The molecule has 1 aliphatic rings. The minimum absolute atomic E-state index is 0.367. The Balaban J connectivity index is 1.70. The van der Waals surface area contributed by atoms with E-state index in [1.165, 1.54) is 11.1 Å². The fourth-order valence-corrected chi connectivity index (χ4v) is 3.66. The van der Waals surface area contributed by atoms with Crippen LogP contribution >= 0.6 is 0 Å². The van der Waals surface area contributed by atoms with Gasteiger partial charge in [0, 0.05) is 42.2 Å². The summed E-state index contributed by atoms with van der Waals surface area (Å²) in [6, 6.07) is 10.2. The number of hydrogen-bond acceptors (Lipinski definition) is 6. The molecule has 0 saturated carbocycles. The van der Waals surface area contributed by atoms with Crippen molar-refractivity contribution >= 4 is 5.82 Å². The zero-order valence-electron chi connectivity index (χ0n) is 16.2. The maximum atomic E-state index is 5.49. The van der Waals surface area contributed by atoms with Crippen LogP contribution in [0.3, 0.4) is 0 Å². The number of methoxy groups -OCH3 is 3. The van der Waals surface area contributed by atoms with Crippen molar-refractivity contribution in [3.63, 3.8) is 0 Å². The summed E-state index contributed by atoms with van der Waals surface area (Å²) in [5, 5.41) is 3.42. The van der Waals surface area contributed by atoms with Gasteiger partial charge in [0.1, 0.15) is 5.82 Å². The molecule has 1 aromatic carbocycles. The zero-order chi connectivity index (χ0) is 19.5. The lowest BCUT2D eigenvalue weighted by Crippen LogP contribution is -2.05. The normalized spacial score (nSPS) is 14.9. The molecule has 6 nitrogen and oxygen atoms in total. The van der Waals surface area contributed by atoms with E-state index in [4.69, 9.17) is 14.2 Å². The lowest BCUT2D eigenvalue weighted by Gasteiger charge is -2.15. The van der Waals surface area contributed by atoms with Crippen molar-refractivity contribution in [3.8, 4) is 28.4 Å². The molecule has 0 amide bonds. The molecular formula is C22H23N3O3. The molecule has 0 radical (unpaired) electrons. The SMILES string of the molecule is COc1cc(-c2cnc3c(c2)C(Cc2ccncc2)CN3)cc(OC)c1OC. The highest BCUT2D eigenvalue weighted by Crippen LogP contribution is 2.42. The minimum Gasteiger partial charge on any atom is -0.493 e. The van der Waals surface area contributed by atoms with Gasteiger partial charge in [-0.05, 0) is 47.9 Å². The molecule has 0 aliphatic carbocycles. The number of hydrogen-bond donors (Lipinski definition) is 1. The third-order valence-electron chi connectivity index (χ3n) is 5.10. The number of nitrogens with one attached hydrogen (secondary N) is 1. The van der Waals surface area contributed by atoms with E-state index in [-0.39, 0.29) is 0 Å². The van der Waals surface area contributed by atoms with Crippen molar-refractivity contribution < 1.29 is 14.2 Å². The molecule has 1 unspecified atom stereocenters. The van der Waals surface area contributed by atoms with Crippen LogP contribution in [-0.2, 0) is 6.42 Å². The Bertz CT molecular complexity index is 951. The highest BCUT2D eigenvalue weighted by atomic mass is 16.5. The van der Waals surface area contributed by atoms with E-state index in [9.17, 15) is 0 Å². The first-order valence-electron chi connectivity index (χ1n) is 9.16. The summed E-state index contributed by atoms with van der Waals surface area (Å²) < 4.78 is 16.4. The van der Waals surface area contributed by atoms with Gasteiger partial charge in [-0.25, -0.2) is 4.98 Å². The monoisotopic (exact) mass is 377 g/mol. The van der Waals surface area contributed by atoms with E-state index in [1.54, 1.807) is 21.3 Å². The molecule has 1 N–H and O–H groups in total. The van der Waals surface area contributed by atoms with Gasteiger partial charge < -0.3 is 19.5 Å². The fraction of sp³-hybridized carbons (Fsp3) is 0.273. The van der Waals surface area contributed by atoms with Crippen LogP contribution in [0.1, 0.15) is 17.0 Å². The third-order valence-corrected chi connectivity index (χ3v) is 5.10. The largest absolute Gasteiger partial charge is 0.493 e. The van der Waals surface area contributed by atoms with Crippen LogP contribution < -0.4 is 19.5 Å². The molecule has 0 saturated heterocycles. The smallest absolute Gasteiger partial charge is 0.203 e. The quantitative estimate of drug-likeness (QED) is 0.702. The molecule has 0 spiro atoms. The summed E-state index contributed by atoms with van der Waals surface area (Å²) in [4.78, 5) is 8.75. The third kappa shape index (κ3) is 3.33. The van der Waals surface area contributed by atoms with E-state index in [0.29, 0.717) is 23.2 Å². The van der Waals surface area contributed by atoms with Gasteiger partial charge in [-0.3, -0.25) is 4.98 Å². The Morgan fingerprint density at radius 1 is 0.964 bits per heavy atom. The second-order valence-electron chi connectivity index (χ2n) is 6.71. The van der Waals surface area contributed by atoms with E-state index in [1.807, 2.05) is 30.7 Å². The standard InChI is InChI=1S/C22H23N3O3/c1-26-19-10-15(11-20(27-2)21(19)28-3)16-9-18-17(13-25-22(18)24-12-16)8-14-4-6-23-7-5-14/h4-7,9-12,17H,8,13H2,1-3H3,(H,24,25). The molecule has 1 aliphatic heterocycles. The number of fused-ring (bicyclic) bond motifs is 1. The van der Waals surface area contributed by atoms with Crippen molar-refractivity contribution in [3.05, 3.63) is 60.0 Å². The Kier molecular flexibility index (Phi) is 5.02. The van der Waals surface area contributed by atoms with Crippen LogP contribution in [0.4, 0.5) is 5.82 Å². The lowest BCUT2D eigenvalue weighted by atomic mass is 9.93. The number of aromatic nitrogens is 2. The summed E-state index contributed by atoms with van der Waals surface area (Å²) >= 11 is 0. The molecule has 144 valence electrons. The van der Waals surface area contributed by atoms with E-state index >= 15 is 0 Å². The van der Waals surface area contributed by atoms with Gasteiger partial charge in [0.25, 0.3) is 0 Å². The zero-order valence-corrected chi connectivity index (χ0v) is 16.2. The van der Waals surface area contributed by atoms with E-state index < -0.39 is 0 Å². The van der Waals surface area contributed by atoms with Gasteiger partial charge in [0.05, 0.1) is 21.3 Å². The number of benzene rings is 1. The van der Waals surface area contributed by atoms with Crippen molar-refractivity contribution in [1.29, 1.82) is 0 Å². The van der Waals surface area contributed by atoms with E-state index in [2.05, 4.69) is 33.5 Å². The summed E-state index contributed by atoms with van der Waals surface area (Å²) in [5.74, 6) is 3.16. The van der Waals surface area contributed by atoms with Crippen LogP contribution in [0.25, 0.3) is 11.1 Å². The average Bonchev–Trinajstić information content (AvgIpc) is 3.15. The van der Waals surface area contributed by atoms with Crippen LogP contribution in [0.15, 0.2) is 48.9 Å². The topological polar surface area (TPSA) is 65.5 Å². The molecule has 4 rings (SSSR count). The van der Waals surface area contributed by atoms with Crippen molar-refractivity contribution in [2.24, 2.45) is 0 Å². The summed E-state index contributed by atoms with van der Waals surface area (Å²) in [5.41, 5.74) is 4.48. The predicted molar refractivity (Wildman–Crippen MR) is 109 cm³/mol. The molecule has 0 fully saturated rings. The number of ether oxygens (including phenoxy) is 3. The van der Waals surface area contributed by atoms with Crippen molar-refractivity contribution in [2.75, 3.05) is 33.2 Å². The summed E-state index contributed by atoms with van der Waals surface area (Å²) in [7, 11) is 4.85. The van der Waals surface area contributed by atoms with Gasteiger partial charge in [-0.2, -0.15) is 0 Å². The fourth-order valence-electron chi connectivity index (χ4n) is 3.66. The molecule has 3 aromatic rings. The van der Waals surface area contributed by atoms with Crippen LogP contribution in [-0.4, -0.2) is 37.8 Å². The second-order valence-corrected chi connectivity index (χ2v) is 6.71. The Labute approximate surface area is 164 Å². The highest BCUT2D eigenvalue weighted by Gasteiger charge is 2.24. The molecule has 2 aromatic heterocycles. The van der Waals surface area contributed by atoms with Gasteiger partial charge in [-0.15, -0.1) is 0 Å². The minimum atomic E-state index is 0.367.